The summed E-state index contributed by atoms with van der Waals surface area (Å²) < 4.78 is 12.5. The molecule has 0 spiro atoms. The second-order valence-electron chi connectivity index (χ2n) is 13.8. The first-order valence-corrected chi connectivity index (χ1v) is 18.0. The van der Waals surface area contributed by atoms with Gasteiger partial charge in [-0.2, -0.15) is 0 Å². The van der Waals surface area contributed by atoms with Gasteiger partial charge in [-0.15, -0.1) is 0 Å². The Labute approximate surface area is 307 Å². The fourth-order valence-corrected chi connectivity index (χ4v) is 7.28. The van der Waals surface area contributed by atoms with Crippen molar-refractivity contribution in [3.05, 3.63) is 166 Å². The monoisotopic (exact) mass is 692 g/mol. The van der Waals surface area contributed by atoms with Crippen molar-refractivity contribution >= 4 is 33.5 Å². The lowest BCUT2D eigenvalue weighted by molar-refractivity contribution is -0.192. The van der Waals surface area contributed by atoms with E-state index in [2.05, 4.69) is 73.0 Å². The normalized spacial score (nSPS) is 13.7. The van der Waals surface area contributed by atoms with E-state index >= 15 is 0 Å². The summed E-state index contributed by atoms with van der Waals surface area (Å²) >= 11 is 0. The summed E-state index contributed by atoms with van der Waals surface area (Å²) in [7, 11) is 3.50. The average Bonchev–Trinajstić information content (AvgIpc) is 3.17. The molecule has 52 heavy (non-hydrogen) atoms. The lowest BCUT2D eigenvalue weighted by Crippen LogP contribution is -2.49. The number of benzene rings is 6. The predicted molar refractivity (Wildman–Crippen MR) is 210 cm³/mol. The third kappa shape index (κ3) is 7.50. The molecular formula is C46H48N2O4. The topological polar surface area (TPSA) is 76.7 Å². The van der Waals surface area contributed by atoms with Crippen LogP contribution < -0.4 is 10.6 Å². The van der Waals surface area contributed by atoms with Crippen LogP contribution in [0.15, 0.2) is 121 Å². The van der Waals surface area contributed by atoms with E-state index in [0.717, 1.165) is 44.2 Å². The standard InChI is InChI=1S/C46H48N2O4/c1-31-15-23-37(24-16-31)45(47-5,29-27-35-21-19-33(3)39-11-7-9-13-41(35)39)51-43(49)44(50)52-46(48-6,38-25-17-32(2)18-26-38)30-28-36-22-20-34(4)40-12-8-10-14-42(36)40/h7-26,47-48H,27-30H2,1-6H3. The zero-order valence-corrected chi connectivity index (χ0v) is 31.0. The number of hydrogen-bond donors (Lipinski definition) is 2. The number of ether oxygens (including phenoxy) is 2. The van der Waals surface area contributed by atoms with Gasteiger partial charge in [-0.1, -0.05) is 132 Å². The van der Waals surface area contributed by atoms with E-state index in [4.69, 9.17) is 9.47 Å². The minimum atomic E-state index is -1.30. The molecule has 266 valence electrons. The van der Waals surface area contributed by atoms with E-state index in [0.29, 0.717) is 25.7 Å². The third-order valence-corrected chi connectivity index (χ3v) is 10.5. The Hall–Kier alpha value is -5.30. The summed E-state index contributed by atoms with van der Waals surface area (Å²) in [4.78, 5) is 28.1. The van der Waals surface area contributed by atoms with E-state index < -0.39 is 23.4 Å². The Kier molecular flexibility index (Phi) is 10.9. The maximum absolute atomic E-state index is 14.0. The van der Waals surface area contributed by atoms with Crippen LogP contribution in [-0.4, -0.2) is 26.0 Å². The number of hydrogen-bond acceptors (Lipinski definition) is 6. The highest BCUT2D eigenvalue weighted by Gasteiger charge is 2.41. The summed E-state index contributed by atoms with van der Waals surface area (Å²) in [5.41, 5.74) is 5.67. The second-order valence-corrected chi connectivity index (χ2v) is 13.8. The molecule has 0 aliphatic rings. The lowest BCUT2D eigenvalue weighted by atomic mass is 9.91. The zero-order valence-electron chi connectivity index (χ0n) is 31.0. The molecule has 6 nitrogen and oxygen atoms in total. The van der Waals surface area contributed by atoms with Crippen LogP contribution in [0.2, 0.25) is 0 Å². The molecule has 0 bridgehead atoms. The molecule has 0 saturated carbocycles. The van der Waals surface area contributed by atoms with Crippen molar-refractivity contribution < 1.29 is 19.1 Å². The molecule has 6 aromatic rings. The third-order valence-electron chi connectivity index (χ3n) is 10.5. The summed E-state index contributed by atoms with van der Waals surface area (Å²) in [5, 5.41) is 11.2. The molecule has 2 atom stereocenters. The average molecular weight is 693 g/mol. The molecule has 0 radical (unpaired) electrons. The number of fused-ring (bicyclic) bond motifs is 2. The van der Waals surface area contributed by atoms with E-state index in [9.17, 15) is 9.59 Å². The first kappa shape index (κ1) is 36.5. The molecule has 0 saturated heterocycles. The largest absolute Gasteiger partial charge is 0.431 e. The number of carbonyl (C=O) groups is 2. The van der Waals surface area contributed by atoms with Crippen molar-refractivity contribution in [2.24, 2.45) is 0 Å². The van der Waals surface area contributed by atoms with Crippen LogP contribution in [0.3, 0.4) is 0 Å². The lowest BCUT2D eigenvalue weighted by Gasteiger charge is -2.36. The van der Waals surface area contributed by atoms with Crippen molar-refractivity contribution in [2.45, 2.75) is 64.8 Å². The van der Waals surface area contributed by atoms with Gasteiger partial charge in [-0.05, 0) is 98.4 Å². The quantitative estimate of drug-likeness (QED) is 0.0758. The molecule has 0 aromatic heterocycles. The molecule has 0 heterocycles. The molecule has 0 aliphatic heterocycles. The number of carbonyl (C=O) groups excluding carboxylic acids is 2. The summed E-state index contributed by atoms with van der Waals surface area (Å²) in [6, 6.07) is 40.8. The van der Waals surface area contributed by atoms with E-state index in [1.807, 2.05) is 86.6 Å². The molecule has 0 fully saturated rings. The van der Waals surface area contributed by atoms with E-state index in [1.54, 1.807) is 14.1 Å². The van der Waals surface area contributed by atoms with Gasteiger partial charge >= 0.3 is 11.9 Å². The molecule has 6 rings (SSSR count). The van der Waals surface area contributed by atoms with Crippen molar-refractivity contribution in [3.8, 4) is 0 Å². The van der Waals surface area contributed by atoms with Gasteiger partial charge in [0.15, 0.2) is 11.4 Å². The van der Waals surface area contributed by atoms with Gasteiger partial charge in [0.2, 0.25) is 0 Å². The van der Waals surface area contributed by atoms with Gasteiger partial charge in [0, 0.05) is 24.0 Å². The zero-order chi connectivity index (χ0) is 36.9. The molecular weight excluding hydrogens is 645 g/mol. The fourth-order valence-electron chi connectivity index (χ4n) is 7.28. The Balaban J connectivity index is 1.31. The minimum absolute atomic E-state index is 0.383. The van der Waals surface area contributed by atoms with Gasteiger partial charge in [0.1, 0.15) is 0 Å². The second kappa shape index (κ2) is 15.5. The maximum atomic E-state index is 14.0. The van der Waals surface area contributed by atoms with Crippen molar-refractivity contribution in [3.63, 3.8) is 0 Å². The number of esters is 2. The van der Waals surface area contributed by atoms with E-state index in [-0.39, 0.29) is 0 Å². The van der Waals surface area contributed by atoms with Crippen LogP contribution in [-0.2, 0) is 43.4 Å². The van der Waals surface area contributed by atoms with E-state index in [1.165, 1.54) is 21.9 Å². The van der Waals surface area contributed by atoms with Crippen LogP contribution in [0.4, 0.5) is 0 Å². The van der Waals surface area contributed by atoms with Gasteiger partial charge < -0.3 is 9.47 Å². The smallest absolute Gasteiger partial charge is 0.419 e. The van der Waals surface area contributed by atoms with Gasteiger partial charge in [-0.3, -0.25) is 10.6 Å². The highest BCUT2D eigenvalue weighted by atomic mass is 16.6. The molecule has 2 unspecified atom stereocenters. The van der Waals surface area contributed by atoms with Crippen molar-refractivity contribution in [1.82, 2.24) is 10.6 Å². The Morgan fingerprint density at radius 1 is 0.481 bits per heavy atom. The Morgan fingerprint density at radius 3 is 1.17 bits per heavy atom. The van der Waals surface area contributed by atoms with Crippen LogP contribution >= 0.6 is 0 Å². The Morgan fingerprint density at radius 2 is 0.827 bits per heavy atom. The first-order valence-electron chi connectivity index (χ1n) is 18.0. The van der Waals surface area contributed by atoms with Gasteiger partial charge in [-0.25, -0.2) is 9.59 Å². The molecule has 6 aromatic carbocycles. The predicted octanol–water partition coefficient (Wildman–Crippen LogP) is 9.02. The Bertz CT molecular complexity index is 2050. The number of aryl methyl sites for hydroxylation is 6. The highest BCUT2D eigenvalue weighted by Crippen LogP contribution is 2.34. The highest BCUT2D eigenvalue weighted by molar-refractivity contribution is 6.30. The molecule has 6 heteroatoms. The molecule has 0 aliphatic carbocycles. The minimum Gasteiger partial charge on any atom is -0.431 e. The molecule has 0 amide bonds. The maximum Gasteiger partial charge on any atom is 0.419 e. The van der Waals surface area contributed by atoms with Crippen molar-refractivity contribution in [2.75, 3.05) is 14.1 Å². The van der Waals surface area contributed by atoms with Gasteiger partial charge in [0.25, 0.3) is 0 Å². The van der Waals surface area contributed by atoms with Crippen LogP contribution in [0.25, 0.3) is 21.5 Å². The summed E-state index contributed by atoms with van der Waals surface area (Å²) in [5.74, 6) is -2.15. The number of rotatable bonds is 12. The van der Waals surface area contributed by atoms with Crippen molar-refractivity contribution in [1.29, 1.82) is 0 Å². The molecule has 2 N–H and O–H groups in total. The SMILES string of the molecule is CNC(CCc1ccc(C)c2ccccc12)(OC(=O)C(=O)OC(CCc1ccc(C)c2ccccc12)(NC)c1ccc(C)cc1)c1ccc(C)cc1. The van der Waals surface area contributed by atoms with Crippen LogP contribution in [0.5, 0.6) is 0 Å². The van der Waals surface area contributed by atoms with Crippen LogP contribution in [0.1, 0.15) is 57.3 Å². The summed E-state index contributed by atoms with van der Waals surface area (Å²) in [6.45, 7) is 8.23. The number of nitrogens with one attached hydrogen (secondary N) is 2. The fraction of sp³-hybridized carbons (Fsp3) is 0.261. The van der Waals surface area contributed by atoms with Crippen LogP contribution in [0, 0.1) is 27.7 Å². The van der Waals surface area contributed by atoms with Gasteiger partial charge in [0.05, 0.1) is 0 Å². The summed E-state index contributed by atoms with van der Waals surface area (Å²) in [6.07, 6.45) is 1.95. The first-order chi connectivity index (χ1) is 25.1.